The normalized spacial score (nSPS) is 10.4. The quantitative estimate of drug-likeness (QED) is 0.569. The highest BCUT2D eigenvalue weighted by Gasteiger charge is 1.99. The van der Waals surface area contributed by atoms with E-state index in [1.165, 1.54) is 16.3 Å². The van der Waals surface area contributed by atoms with E-state index in [0.717, 1.165) is 4.90 Å². The standard InChI is InChI=1S/C11H9S/c1-8-4-2-5-9-6-3-7-10(12)11(8)9/h2-7H,1H3. The van der Waals surface area contributed by atoms with Crippen LogP contribution in [-0.4, -0.2) is 0 Å². The van der Waals surface area contributed by atoms with E-state index in [0.29, 0.717) is 0 Å². The minimum absolute atomic E-state index is 0.950. The molecule has 0 heterocycles. The molecule has 2 aromatic carbocycles. The van der Waals surface area contributed by atoms with E-state index in [-0.39, 0.29) is 0 Å². The highest BCUT2D eigenvalue weighted by molar-refractivity contribution is 7.80. The zero-order chi connectivity index (χ0) is 8.55. The second-order valence-corrected chi connectivity index (χ2v) is 3.37. The van der Waals surface area contributed by atoms with Gasteiger partial charge in [-0.15, -0.1) is 0 Å². The van der Waals surface area contributed by atoms with Crippen molar-refractivity contribution in [1.29, 1.82) is 0 Å². The van der Waals surface area contributed by atoms with Crippen molar-refractivity contribution >= 4 is 23.4 Å². The van der Waals surface area contributed by atoms with Gasteiger partial charge in [-0.25, -0.2) is 0 Å². The van der Waals surface area contributed by atoms with Crippen LogP contribution in [0.5, 0.6) is 0 Å². The van der Waals surface area contributed by atoms with Gasteiger partial charge >= 0.3 is 0 Å². The molecular weight excluding hydrogens is 164 g/mol. The summed E-state index contributed by atoms with van der Waals surface area (Å²) < 4.78 is 0. The molecule has 0 saturated heterocycles. The Hall–Kier alpha value is -1.08. The smallest absolute Gasteiger partial charge is 0.0458 e. The van der Waals surface area contributed by atoms with Gasteiger partial charge in [-0.1, -0.05) is 43.0 Å². The van der Waals surface area contributed by atoms with Gasteiger partial charge < -0.3 is 0 Å². The zero-order valence-corrected chi connectivity index (χ0v) is 7.69. The fraction of sp³-hybridized carbons (Fsp3) is 0.0909. The van der Waals surface area contributed by atoms with E-state index in [1.807, 2.05) is 12.1 Å². The predicted molar refractivity (Wildman–Crippen MR) is 54.5 cm³/mol. The molecule has 0 aromatic heterocycles. The lowest BCUT2D eigenvalue weighted by molar-refractivity contribution is 1.46. The van der Waals surface area contributed by atoms with Crippen molar-refractivity contribution in [1.82, 2.24) is 0 Å². The van der Waals surface area contributed by atoms with Crippen molar-refractivity contribution < 1.29 is 0 Å². The summed E-state index contributed by atoms with van der Waals surface area (Å²) >= 11 is 5.24. The van der Waals surface area contributed by atoms with Crippen LogP contribution in [0.25, 0.3) is 10.8 Å². The first kappa shape index (κ1) is 7.56. The third-order valence-corrected chi connectivity index (χ3v) is 2.42. The van der Waals surface area contributed by atoms with E-state index in [9.17, 15) is 0 Å². The Morgan fingerprint density at radius 2 is 1.67 bits per heavy atom. The van der Waals surface area contributed by atoms with Crippen LogP contribution in [0.15, 0.2) is 41.3 Å². The van der Waals surface area contributed by atoms with Crippen LogP contribution in [0.2, 0.25) is 0 Å². The SMILES string of the molecule is Cc1cccc2cccc([S])c12. The van der Waals surface area contributed by atoms with Crippen LogP contribution in [-0.2, 0) is 0 Å². The Labute approximate surface area is 77.6 Å². The molecule has 59 valence electrons. The molecule has 0 atom stereocenters. The van der Waals surface area contributed by atoms with E-state index < -0.39 is 0 Å². The van der Waals surface area contributed by atoms with Crippen LogP contribution in [0.4, 0.5) is 0 Å². The van der Waals surface area contributed by atoms with Crippen LogP contribution < -0.4 is 0 Å². The first-order valence-corrected chi connectivity index (χ1v) is 4.35. The van der Waals surface area contributed by atoms with Crippen molar-refractivity contribution in [3.8, 4) is 0 Å². The van der Waals surface area contributed by atoms with E-state index >= 15 is 0 Å². The molecule has 0 spiro atoms. The van der Waals surface area contributed by atoms with Crippen molar-refractivity contribution in [3.63, 3.8) is 0 Å². The minimum Gasteiger partial charge on any atom is -0.0794 e. The topological polar surface area (TPSA) is 0 Å². The second-order valence-electron chi connectivity index (χ2n) is 2.93. The summed E-state index contributed by atoms with van der Waals surface area (Å²) in [5.74, 6) is 0. The number of benzene rings is 2. The Kier molecular flexibility index (Phi) is 1.74. The highest BCUT2D eigenvalue weighted by atomic mass is 32.1. The molecule has 2 rings (SSSR count). The molecular formula is C11H9S. The molecule has 0 unspecified atom stereocenters. The lowest BCUT2D eigenvalue weighted by Crippen LogP contribution is -1.78. The molecule has 0 nitrogen and oxygen atoms in total. The Morgan fingerprint density at radius 1 is 1.00 bits per heavy atom. The van der Waals surface area contributed by atoms with E-state index in [4.69, 9.17) is 12.6 Å². The largest absolute Gasteiger partial charge is 0.0794 e. The summed E-state index contributed by atoms with van der Waals surface area (Å²) in [6.45, 7) is 2.10. The maximum atomic E-state index is 5.24. The molecule has 12 heavy (non-hydrogen) atoms. The van der Waals surface area contributed by atoms with Crippen molar-refractivity contribution in [3.05, 3.63) is 42.0 Å². The average Bonchev–Trinajstić information content (AvgIpc) is 2.04. The molecule has 0 saturated carbocycles. The van der Waals surface area contributed by atoms with Gasteiger partial charge in [0.15, 0.2) is 0 Å². The maximum Gasteiger partial charge on any atom is 0.0458 e. The molecule has 0 aliphatic carbocycles. The molecule has 0 aliphatic heterocycles. The van der Waals surface area contributed by atoms with Crippen LogP contribution in [0.1, 0.15) is 5.56 Å². The van der Waals surface area contributed by atoms with Crippen molar-refractivity contribution in [2.45, 2.75) is 11.8 Å². The molecule has 0 fully saturated rings. The van der Waals surface area contributed by atoms with Crippen molar-refractivity contribution in [2.24, 2.45) is 0 Å². The van der Waals surface area contributed by atoms with Crippen LogP contribution in [0.3, 0.4) is 0 Å². The zero-order valence-electron chi connectivity index (χ0n) is 6.87. The van der Waals surface area contributed by atoms with Gasteiger partial charge in [0.05, 0.1) is 0 Å². The Bertz CT molecular complexity index is 382. The summed E-state index contributed by atoms with van der Waals surface area (Å²) in [6.07, 6.45) is 0. The minimum atomic E-state index is 0.950. The van der Waals surface area contributed by atoms with Gasteiger partial charge in [0.2, 0.25) is 0 Å². The third kappa shape index (κ3) is 1.07. The Morgan fingerprint density at radius 3 is 2.33 bits per heavy atom. The molecule has 0 aliphatic rings. The van der Waals surface area contributed by atoms with E-state index in [2.05, 4.69) is 31.2 Å². The molecule has 1 radical (unpaired) electrons. The van der Waals surface area contributed by atoms with Crippen LogP contribution in [0, 0.1) is 6.92 Å². The first-order valence-electron chi connectivity index (χ1n) is 3.94. The van der Waals surface area contributed by atoms with Gasteiger partial charge in [-0.2, -0.15) is 0 Å². The molecule has 0 amide bonds. The van der Waals surface area contributed by atoms with Gasteiger partial charge in [0, 0.05) is 10.3 Å². The van der Waals surface area contributed by atoms with Gasteiger partial charge in [-0.3, -0.25) is 0 Å². The fourth-order valence-electron chi connectivity index (χ4n) is 1.49. The summed E-state index contributed by atoms with van der Waals surface area (Å²) in [5, 5.41) is 2.46. The highest BCUT2D eigenvalue weighted by Crippen LogP contribution is 2.24. The monoisotopic (exact) mass is 173 g/mol. The molecule has 0 N–H and O–H groups in total. The maximum absolute atomic E-state index is 5.24. The summed E-state index contributed by atoms with van der Waals surface area (Å²) in [5.41, 5.74) is 1.26. The fourth-order valence-corrected chi connectivity index (χ4v) is 1.85. The number of rotatable bonds is 0. The van der Waals surface area contributed by atoms with Crippen LogP contribution >= 0.6 is 12.6 Å². The average molecular weight is 173 g/mol. The van der Waals surface area contributed by atoms with Gasteiger partial charge in [-0.05, 0) is 23.9 Å². The second kappa shape index (κ2) is 2.76. The molecule has 1 heteroatoms. The molecule has 2 aromatic rings. The van der Waals surface area contributed by atoms with Gasteiger partial charge in [0.25, 0.3) is 0 Å². The number of fused-ring (bicyclic) bond motifs is 1. The number of aryl methyl sites for hydroxylation is 1. The van der Waals surface area contributed by atoms with E-state index in [1.54, 1.807) is 0 Å². The van der Waals surface area contributed by atoms with Crippen molar-refractivity contribution in [2.75, 3.05) is 0 Å². The number of hydrogen-bond acceptors (Lipinski definition) is 0. The Balaban J connectivity index is 2.96. The van der Waals surface area contributed by atoms with Gasteiger partial charge in [0.1, 0.15) is 0 Å². The summed E-state index contributed by atoms with van der Waals surface area (Å²) in [4.78, 5) is 0.950. The lowest BCUT2D eigenvalue weighted by atomic mass is 10.1. The lowest BCUT2D eigenvalue weighted by Gasteiger charge is -2.02. The molecule has 0 bridgehead atoms. The number of hydrogen-bond donors (Lipinski definition) is 0. The first-order chi connectivity index (χ1) is 5.79. The third-order valence-electron chi connectivity index (χ3n) is 2.07. The summed E-state index contributed by atoms with van der Waals surface area (Å²) in [6, 6.07) is 12.3. The predicted octanol–water partition coefficient (Wildman–Crippen LogP) is 3.70. The summed E-state index contributed by atoms with van der Waals surface area (Å²) in [7, 11) is 0.